The first-order valence-electron chi connectivity index (χ1n) is 6.86. The van der Waals surface area contributed by atoms with Crippen LogP contribution in [0.15, 0.2) is 24.3 Å². The standard InChI is InChI=1S/C15H19N3O2/c1-19-12-7-3-2-6-11(12)13-14(17-18-15(13)16)10-5-4-8-20-9-10/h2-3,6-7,10H,4-5,8-9H2,1H3,(H3,16,17,18). The molecule has 0 spiro atoms. The van der Waals surface area contributed by atoms with Gasteiger partial charge in [-0.15, -0.1) is 0 Å². The van der Waals surface area contributed by atoms with Gasteiger partial charge in [0.25, 0.3) is 0 Å². The maximum atomic E-state index is 6.06. The second-order valence-electron chi connectivity index (χ2n) is 5.01. The highest BCUT2D eigenvalue weighted by atomic mass is 16.5. The van der Waals surface area contributed by atoms with Gasteiger partial charge in [0.2, 0.25) is 0 Å². The molecule has 3 rings (SSSR count). The number of anilines is 1. The number of nitrogens with zero attached hydrogens (tertiary/aromatic N) is 1. The number of nitrogens with one attached hydrogen (secondary N) is 1. The molecule has 20 heavy (non-hydrogen) atoms. The fourth-order valence-electron chi connectivity index (χ4n) is 2.77. The zero-order valence-corrected chi connectivity index (χ0v) is 11.6. The molecule has 5 nitrogen and oxygen atoms in total. The Kier molecular flexibility index (Phi) is 3.60. The molecule has 5 heteroatoms. The van der Waals surface area contributed by atoms with Gasteiger partial charge in [0.05, 0.1) is 25.0 Å². The van der Waals surface area contributed by atoms with E-state index in [0.29, 0.717) is 18.3 Å². The second-order valence-corrected chi connectivity index (χ2v) is 5.01. The predicted octanol–water partition coefficient (Wildman–Crippen LogP) is 2.56. The van der Waals surface area contributed by atoms with Gasteiger partial charge in [0.1, 0.15) is 5.75 Å². The molecule has 1 fully saturated rings. The first-order valence-corrected chi connectivity index (χ1v) is 6.86. The van der Waals surface area contributed by atoms with E-state index in [-0.39, 0.29) is 0 Å². The fraction of sp³-hybridized carbons (Fsp3) is 0.400. The second kappa shape index (κ2) is 5.54. The molecule has 0 radical (unpaired) electrons. The summed E-state index contributed by atoms with van der Waals surface area (Å²) >= 11 is 0. The van der Waals surface area contributed by atoms with Gasteiger partial charge >= 0.3 is 0 Å². The van der Waals surface area contributed by atoms with Crippen LogP contribution in [0.2, 0.25) is 0 Å². The molecule has 1 aliphatic rings. The summed E-state index contributed by atoms with van der Waals surface area (Å²) in [5.41, 5.74) is 9.03. The third kappa shape index (κ3) is 2.25. The maximum Gasteiger partial charge on any atom is 0.153 e. The van der Waals surface area contributed by atoms with Crippen LogP contribution in [0.5, 0.6) is 5.75 Å². The van der Waals surface area contributed by atoms with Crippen molar-refractivity contribution in [2.24, 2.45) is 0 Å². The summed E-state index contributed by atoms with van der Waals surface area (Å²) in [7, 11) is 1.67. The summed E-state index contributed by atoms with van der Waals surface area (Å²) in [5.74, 6) is 1.63. The van der Waals surface area contributed by atoms with Crippen molar-refractivity contribution in [1.29, 1.82) is 0 Å². The molecule has 1 aliphatic heterocycles. The molecule has 0 bridgehead atoms. The topological polar surface area (TPSA) is 73.2 Å². The molecule has 2 heterocycles. The Morgan fingerprint density at radius 3 is 3.00 bits per heavy atom. The summed E-state index contributed by atoms with van der Waals surface area (Å²) in [6.45, 7) is 1.55. The van der Waals surface area contributed by atoms with E-state index in [4.69, 9.17) is 15.2 Å². The van der Waals surface area contributed by atoms with Crippen molar-refractivity contribution in [2.75, 3.05) is 26.1 Å². The molecule has 1 aromatic heterocycles. The minimum absolute atomic E-state index is 0.313. The third-order valence-corrected chi connectivity index (χ3v) is 3.77. The van der Waals surface area contributed by atoms with Crippen LogP contribution in [0.25, 0.3) is 11.1 Å². The van der Waals surface area contributed by atoms with Crippen molar-refractivity contribution in [3.63, 3.8) is 0 Å². The van der Waals surface area contributed by atoms with Gasteiger partial charge in [-0.3, -0.25) is 5.10 Å². The van der Waals surface area contributed by atoms with Gasteiger partial charge in [-0.1, -0.05) is 18.2 Å². The van der Waals surface area contributed by atoms with Gasteiger partial charge in [-0.25, -0.2) is 0 Å². The number of H-pyrrole nitrogens is 1. The molecule has 0 aliphatic carbocycles. The molecule has 2 aromatic rings. The molecule has 0 amide bonds. The molecule has 3 N–H and O–H groups in total. The highest BCUT2D eigenvalue weighted by molar-refractivity contribution is 5.81. The number of hydrogen-bond donors (Lipinski definition) is 2. The number of aromatic amines is 1. The van der Waals surface area contributed by atoms with E-state index in [2.05, 4.69) is 10.2 Å². The normalized spacial score (nSPS) is 18.9. The minimum Gasteiger partial charge on any atom is -0.496 e. The van der Waals surface area contributed by atoms with Crippen LogP contribution in [-0.2, 0) is 4.74 Å². The number of aromatic nitrogens is 2. The number of para-hydroxylation sites is 1. The van der Waals surface area contributed by atoms with Crippen LogP contribution in [0.3, 0.4) is 0 Å². The van der Waals surface area contributed by atoms with Crippen molar-refractivity contribution in [1.82, 2.24) is 10.2 Å². The first kappa shape index (κ1) is 13.0. The molecular formula is C15H19N3O2. The van der Waals surface area contributed by atoms with Gasteiger partial charge in [0, 0.05) is 18.1 Å². The van der Waals surface area contributed by atoms with E-state index < -0.39 is 0 Å². The lowest BCUT2D eigenvalue weighted by Gasteiger charge is -2.22. The monoisotopic (exact) mass is 273 g/mol. The number of hydrogen-bond acceptors (Lipinski definition) is 4. The molecule has 106 valence electrons. The largest absolute Gasteiger partial charge is 0.496 e. The zero-order chi connectivity index (χ0) is 13.9. The summed E-state index contributed by atoms with van der Waals surface area (Å²) < 4.78 is 11.0. The Labute approximate surface area is 118 Å². The fourth-order valence-corrected chi connectivity index (χ4v) is 2.77. The number of nitrogen functional groups attached to an aromatic ring is 1. The number of ether oxygens (including phenoxy) is 2. The van der Waals surface area contributed by atoms with Crippen LogP contribution in [-0.4, -0.2) is 30.5 Å². The van der Waals surface area contributed by atoms with E-state index in [1.165, 1.54) is 0 Å². The molecule has 1 unspecified atom stereocenters. The van der Waals surface area contributed by atoms with Crippen molar-refractivity contribution in [3.8, 4) is 16.9 Å². The highest BCUT2D eigenvalue weighted by Gasteiger charge is 2.25. The average molecular weight is 273 g/mol. The summed E-state index contributed by atoms with van der Waals surface area (Å²) in [4.78, 5) is 0. The number of rotatable bonds is 3. The van der Waals surface area contributed by atoms with Crippen LogP contribution in [0.1, 0.15) is 24.5 Å². The van der Waals surface area contributed by atoms with Crippen LogP contribution in [0, 0.1) is 0 Å². The molecule has 1 aromatic carbocycles. The van der Waals surface area contributed by atoms with Gasteiger partial charge in [0.15, 0.2) is 5.82 Å². The third-order valence-electron chi connectivity index (χ3n) is 3.77. The zero-order valence-electron chi connectivity index (χ0n) is 11.6. The van der Waals surface area contributed by atoms with Crippen molar-refractivity contribution in [3.05, 3.63) is 30.0 Å². The lowest BCUT2D eigenvalue weighted by atomic mass is 9.92. The lowest BCUT2D eigenvalue weighted by molar-refractivity contribution is 0.0794. The highest BCUT2D eigenvalue weighted by Crippen LogP contribution is 2.39. The van der Waals surface area contributed by atoms with E-state index in [1.54, 1.807) is 7.11 Å². The van der Waals surface area contributed by atoms with E-state index in [0.717, 1.165) is 42.0 Å². The quantitative estimate of drug-likeness (QED) is 0.901. The van der Waals surface area contributed by atoms with Crippen molar-refractivity contribution in [2.45, 2.75) is 18.8 Å². The van der Waals surface area contributed by atoms with Crippen LogP contribution < -0.4 is 10.5 Å². The summed E-state index contributed by atoms with van der Waals surface area (Å²) in [5, 5.41) is 7.27. The number of nitrogens with two attached hydrogens (primary N) is 1. The van der Waals surface area contributed by atoms with E-state index in [1.807, 2.05) is 24.3 Å². The SMILES string of the molecule is COc1ccccc1-c1c(N)n[nH]c1C1CCCOC1. The Morgan fingerprint density at radius 1 is 1.40 bits per heavy atom. The minimum atomic E-state index is 0.313. The summed E-state index contributed by atoms with van der Waals surface area (Å²) in [6.07, 6.45) is 2.15. The lowest BCUT2D eigenvalue weighted by Crippen LogP contribution is -2.16. The van der Waals surface area contributed by atoms with Crippen molar-refractivity contribution < 1.29 is 9.47 Å². The molecule has 0 saturated carbocycles. The molecule has 1 saturated heterocycles. The van der Waals surface area contributed by atoms with Gasteiger partial charge in [-0.2, -0.15) is 5.10 Å². The molecular weight excluding hydrogens is 254 g/mol. The van der Waals surface area contributed by atoms with Crippen molar-refractivity contribution >= 4 is 5.82 Å². The van der Waals surface area contributed by atoms with Gasteiger partial charge < -0.3 is 15.2 Å². The molecule has 1 atom stereocenters. The Balaban J connectivity index is 2.06. The smallest absolute Gasteiger partial charge is 0.153 e. The first-order chi connectivity index (χ1) is 9.81. The average Bonchev–Trinajstić information content (AvgIpc) is 2.89. The Morgan fingerprint density at radius 2 is 2.25 bits per heavy atom. The number of benzene rings is 1. The van der Waals surface area contributed by atoms with E-state index >= 15 is 0 Å². The van der Waals surface area contributed by atoms with Gasteiger partial charge in [-0.05, 0) is 18.9 Å². The van der Waals surface area contributed by atoms with Crippen LogP contribution >= 0.6 is 0 Å². The Hall–Kier alpha value is -2.01. The summed E-state index contributed by atoms with van der Waals surface area (Å²) in [6, 6.07) is 7.86. The van der Waals surface area contributed by atoms with E-state index in [9.17, 15) is 0 Å². The number of methoxy groups -OCH3 is 1. The predicted molar refractivity (Wildman–Crippen MR) is 77.8 cm³/mol. The Bertz CT molecular complexity index is 589. The van der Waals surface area contributed by atoms with Crippen LogP contribution in [0.4, 0.5) is 5.82 Å². The maximum absolute atomic E-state index is 6.06.